The van der Waals surface area contributed by atoms with Crippen molar-refractivity contribution in [3.05, 3.63) is 29.3 Å². The van der Waals surface area contributed by atoms with Gasteiger partial charge < -0.3 is 4.90 Å². The molecule has 1 aliphatic heterocycles. The fraction of sp³-hybridized carbons (Fsp3) is 0.273. The van der Waals surface area contributed by atoms with Crippen LogP contribution in [0.25, 0.3) is 0 Å². The molecule has 1 fully saturated rings. The lowest BCUT2D eigenvalue weighted by molar-refractivity contribution is -0.119. The van der Waals surface area contributed by atoms with Gasteiger partial charge in [-0.3, -0.25) is 4.79 Å². The standard InChI is InChI=1S/C11H11ClN2O2/c1-13-7-6-10(15)14(11(13)16)9-4-2-8(12)3-5-9/h2-5H,6-7H2,1H3. The SMILES string of the molecule is CN1CCC(=O)N(c2ccc(Cl)cc2)C1=O. The Labute approximate surface area is 98.4 Å². The van der Waals surface area contributed by atoms with E-state index in [2.05, 4.69) is 0 Å². The van der Waals surface area contributed by atoms with Gasteiger partial charge in [0.1, 0.15) is 0 Å². The summed E-state index contributed by atoms with van der Waals surface area (Å²) in [5.74, 6) is -0.176. The number of hydrogen-bond donors (Lipinski definition) is 0. The van der Waals surface area contributed by atoms with Gasteiger partial charge in [0.25, 0.3) is 0 Å². The van der Waals surface area contributed by atoms with Crippen molar-refractivity contribution in [3.63, 3.8) is 0 Å². The molecule has 1 aromatic rings. The fourth-order valence-electron chi connectivity index (χ4n) is 1.59. The van der Waals surface area contributed by atoms with Gasteiger partial charge in [-0.05, 0) is 24.3 Å². The van der Waals surface area contributed by atoms with Gasteiger partial charge >= 0.3 is 6.03 Å². The molecule has 0 N–H and O–H groups in total. The van der Waals surface area contributed by atoms with Crippen LogP contribution < -0.4 is 4.90 Å². The Kier molecular flexibility index (Phi) is 2.83. The average Bonchev–Trinajstić information content (AvgIpc) is 2.27. The molecule has 84 valence electrons. The summed E-state index contributed by atoms with van der Waals surface area (Å²) >= 11 is 5.75. The molecule has 1 aromatic carbocycles. The van der Waals surface area contributed by atoms with E-state index in [-0.39, 0.29) is 11.9 Å². The molecule has 16 heavy (non-hydrogen) atoms. The molecule has 3 amide bonds. The Bertz CT molecular complexity index is 430. The van der Waals surface area contributed by atoms with Gasteiger partial charge in [-0.25, -0.2) is 9.69 Å². The first-order chi connectivity index (χ1) is 7.59. The highest BCUT2D eigenvalue weighted by atomic mass is 35.5. The normalized spacial score (nSPS) is 16.9. The molecule has 5 heteroatoms. The lowest BCUT2D eigenvalue weighted by atomic mass is 10.2. The van der Waals surface area contributed by atoms with Crippen LogP contribution in [0.5, 0.6) is 0 Å². The fourth-order valence-corrected chi connectivity index (χ4v) is 1.72. The van der Waals surface area contributed by atoms with Gasteiger partial charge in [-0.15, -0.1) is 0 Å². The third-order valence-electron chi connectivity index (χ3n) is 2.51. The highest BCUT2D eigenvalue weighted by Crippen LogP contribution is 2.22. The van der Waals surface area contributed by atoms with Crippen LogP contribution in [0.15, 0.2) is 24.3 Å². The Morgan fingerprint density at radius 1 is 1.19 bits per heavy atom. The predicted molar refractivity (Wildman–Crippen MR) is 61.6 cm³/mol. The van der Waals surface area contributed by atoms with E-state index in [1.165, 1.54) is 9.80 Å². The minimum Gasteiger partial charge on any atom is -0.327 e. The molecule has 0 unspecified atom stereocenters. The number of rotatable bonds is 1. The van der Waals surface area contributed by atoms with Crippen LogP contribution >= 0.6 is 11.6 Å². The summed E-state index contributed by atoms with van der Waals surface area (Å²) in [5.41, 5.74) is 0.561. The quantitative estimate of drug-likeness (QED) is 0.752. The van der Waals surface area contributed by atoms with Crippen LogP contribution in [0.2, 0.25) is 5.02 Å². The summed E-state index contributed by atoms with van der Waals surface area (Å²) in [4.78, 5) is 26.2. The molecule has 4 nitrogen and oxygen atoms in total. The summed E-state index contributed by atoms with van der Waals surface area (Å²) in [7, 11) is 1.68. The molecule has 2 rings (SSSR count). The molecular weight excluding hydrogens is 228 g/mol. The highest BCUT2D eigenvalue weighted by Gasteiger charge is 2.30. The van der Waals surface area contributed by atoms with Crippen molar-refractivity contribution in [2.45, 2.75) is 6.42 Å². The summed E-state index contributed by atoms with van der Waals surface area (Å²) in [6.45, 7) is 0.474. The number of halogens is 1. The van der Waals surface area contributed by atoms with E-state index in [9.17, 15) is 9.59 Å². The number of carbonyl (C=O) groups excluding carboxylic acids is 2. The summed E-state index contributed by atoms with van der Waals surface area (Å²) in [5, 5.41) is 0.578. The van der Waals surface area contributed by atoms with Crippen molar-refractivity contribution >= 4 is 29.2 Å². The number of amides is 3. The van der Waals surface area contributed by atoms with Crippen molar-refractivity contribution in [3.8, 4) is 0 Å². The summed E-state index contributed by atoms with van der Waals surface area (Å²) in [6.07, 6.45) is 0.352. The first-order valence-corrected chi connectivity index (χ1v) is 5.31. The number of imide groups is 1. The van der Waals surface area contributed by atoms with Crippen molar-refractivity contribution in [2.24, 2.45) is 0 Å². The summed E-state index contributed by atoms with van der Waals surface area (Å²) < 4.78 is 0. The maximum atomic E-state index is 11.8. The molecule has 0 aromatic heterocycles. The van der Waals surface area contributed by atoms with E-state index < -0.39 is 0 Å². The van der Waals surface area contributed by atoms with Crippen LogP contribution in [0, 0.1) is 0 Å². The zero-order valence-electron chi connectivity index (χ0n) is 8.81. The molecule has 1 aliphatic rings. The van der Waals surface area contributed by atoms with E-state index in [1.54, 1.807) is 31.3 Å². The van der Waals surface area contributed by atoms with Gasteiger partial charge in [-0.2, -0.15) is 0 Å². The second-order valence-corrected chi connectivity index (χ2v) is 4.10. The maximum absolute atomic E-state index is 11.8. The zero-order valence-corrected chi connectivity index (χ0v) is 9.57. The Morgan fingerprint density at radius 3 is 2.44 bits per heavy atom. The molecule has 0 spiro atoms. The van der Waals surface area contributed by atoms with Gasteiger partial charge in [0.05, 0.1) is 5.69 Å². The van der Waals surface area contributed by atoms with Crippen LogP contribution in [-0.4, -0.2) is 30.4 Å². The maximum Gasteiger partial charge on any atom is 0.331 e. The van der Waals surface area contributed by atoms with Gasteiger partial charge in [0, 0.05) is 25.0 Å². The molecule has 0 aliphatic carbocycles. The van der Waals surface area contributed by atoms with Crippen molar-refractivity contribution in [1.82, 2.24) is 4.90 Å². The van der Waals surface area contributed by atoms with E-state index in [1.807, 2.05) is 0 Å². The van der Waals surface area contributed by atoms with Crippen molar-refractivity contribution < 1.29 is 9.59 Å². The molecule has 1 heterocycles. The van der Waals surface area contributed by atoms with Crippen LogP contribution in [-0.2, 0) is 4.79 Å². The van der Waals surface area contributed by atoms with Crippen LogP contribution in [0.4, 0.5) is 10.5 Å². The number of carbonyl (C=O) groups is 2. The Morgan fingerprint density at radius 2 is 1.81 bits per heavy atom. The number of nitrogens with zero attached hydrogens (tertiary/aromatic N) is 2. The largest absolute Gasteiger partial charge is 0.331 e. The third-order valence-corrected chi connectivity index (χ3v) is 2.77. The molecule has 0 saturated carbocycles. The summed E-state index contributed by atoms with van der Waals surface area (Å²) in [6, 6.07) is 6.35. The molecule has 0 atom stereocenters. The first kappa shape index (κ1) is 11.0. The molecular formula is C11H11ClN2O2. The lowest BCUT2D eigenvalue weighted by Gasteiger charge is -2.31. The lowest BCUT2D eigenvalue weighted by Crippen LogP contribution is -2.50. The monoisotopic (exact) mass is 238 g/mol. The second-order valence-electron chi connectivity index (χ2n) is 3.66. The number of hydrogen-bond acceptors (Lipinski definition) is 2. The Hall–Kier alpha value is -1.55. The number of benzene rings is 1. The van der Waals surface area contributed by atoms with E-state index >= 15 is 0 Å². The topological polar surface area (TPSA) is 40.6 Å². The minimum absolute atomic E-state index is 0.176. The highest BCUT2D eigenvalue weighted by molar-refractivity contribution is 6.30. The third kappa shape index (κ3) is 1.88. The van der Waals surface area contributed by atoms with Crippen molar-refractivity contribution in [2.75, 3.05) is 18.5 Å². The average molecular weight is 239 g/mol. The van der Waals surface area contributed by atoms with Crippen LogP contribution in [0.3, 0.4) is 0 Å². The minimum atomic E-state index is -0.293. The molecule has 0 bridgehead atoms. The smallest absolute Gasteiger partial charge is 0.327 e. The molecule has 1 saturated heterocycles. The molecule has 0 radical (unpaired) electrons. The van der Waals surface area contributed by atoms with E-state index in [0.29, 0.717) is 23.7 Å². The predicted octanol–water partition coefficient (Wildman–Crippen LogP) is 2.13. The zero-order chi connectivity index (χ0) is 11.7. The Balaban J connectivity index is 2.34. The van der Waals surface area contributed by atoms with E-state index in [0.717, 1.165) is 0 Å². The second kappa shape index (κ2) is 4.14. The first-order valence-electron chi connectivity index (χ1n) is 4.93. The van der Waals surface area contributed by atoms with E-state index in [4.69, 9.17) is 11.6 Å². The van der Waals surface area contributed by atoms with Gasteiger partial charge in [0.15, 0.2) is 0 Å². The van der Waals surface area contributed by atoms with Gasteiger partial charge in [-0.1, -0.05) is 11.6 Å². The number of anilines is 1. The number of urea groups is 1. The van der Waals surface area contributed by atoms with Crippen LogP contribution in [0.1, 0.15) is 6.42 Å². The van der Waals surface area contributed by atoms with Crippen molar-refractivity contribution in [1.29, 1.82) is 0 Å². The van der Waals surface area contributed by atoms with Gasteiger partial charge in [0.2, 0.25) is 5.91 Å².